The minimum Gasteiger partial charge on any atom is -0.336 e. The van der Waals surface area contributed by atoms with Crippen LogP contribution in [-0.4, -0.2) is 17.0 Å². The molecule has 0 aliphatic carbocycles. The predicted molar refractivity (Wildman–Crippen MR) is 44.6 cm³/mol. The van der Waals surface area contributed by atoms with Gasteiger partial charge in [0.05, 0.1) is 6.33 Å². The molecular weight excluding hydrogens is 162 g/mol. The maximum atomic E-state index is 5.01. The van der Waals surface area contributed by atoms with Crippen molar-refractivity contribution in [3.05, 3.63) is 11.0 Å². The van der Waals surface area contributed by atoms with Gasteiger partial charge in [0.2, 0.25) is 0 Å². The van der Waals surface area contributed by atoms with Crippen molar-refractivity contribution in [2.45, 2.75) is 0 Å². The molecule has 2 rings (SSSR count). The Morgan fingerprint density at radius 3 is 3.18 bits per heavy atom. The highest BCUT2D eigenvalue weighted by atomic mass is 32.1. The Morgan fingerprint density at radius 2 is 2.45 bits per heavy atom. The van der Waals surface area contributed by atoms with Gasteiger partial charge in [-0.15, -0.1) is 5.53 Å². The SMILES string of the molecule is CN1NNc2c1nc[nH]c2=S. The summed E-state index contributed by atoms with van der Waals surface area (Å²) >= 11 is 5.01. The highest BCUT2D eigenvalue weighted by molar-refractivity contribution is 7.71. The van der Waals surface area contributed by atoms with Gasteiger partial charge in [0.15, 0.2) is 5.82 Å². The predicted octanol–water partition coefficient (Wildman–Crippen LogP) is 0.420. The standard InChI is InChI=1S/C5H7N5S/c1-10-4-3(8-9-10)5(11)7-2-6-4/h2,8-9H,1H3,(H,6,7,11). The molecule has 6 heteroatoms. The maximum absolute atomic E-state index is 5.01. The van der Waals surface area contributed by atoms with Crippen LogP contribution in [0.3, 0.4) is 0 Å². The zero-order valence-electron chi connectivity index (χ0n) is 5.88. The zero-order valence-corrected chi connectivity index (χ0v) is 6.70. The van der Waals surface area contributed by atoms with Crippen molar-refractivity contribution in [3.8, 4) is 0 Å². The van der Waals surface area contributed by atoms with Crippen LogP contribution < -0.4 is 16.0 Å². The molecule has 0 atom stereocenters. The first-order chi connectivity index (χ1) is 5.29. The molecule has 1 aliphatic rings. The normalized spacial score (nSPS) is 14.5. The van der Waals surface area contributed by atoms with E-state index in [4.69, 9.17) is 12.2 Å². The van der Waals surface area contributed by atoms with Crippen LogP contribution in [0.2, 0.25) is 0 Å². The van der Waals surface area contributed by atoms with E-state index in [1.165, 1.54) is 0 Å². The van der Waals surface area contributed by atoms with E-state index >= 15 is 0 Å². The molecule has 58 valence electrons. The highest BCUT2D eigenvalue weighted by Crippen LogP contribution is 2.23. The van der Waals surface area contributed by atoms with E-state index in [0.717, 1.165) is 11.5 Å². The van der Waals surface area contributed by atoms with Gasteiger partial charge in [0.25, 0.3) is 0 Å². The first kappa shape index (κ1) is 6.56. The summed E-state index contributed by atoms with van der Waals surface area (Å²) in [4.78, 5) is 6.91. The largest absolute Gasteiger partial charge is 0.336 e. The third-order valence-corrected chi connectivity index (χ3v) is 1.82. The molecule has 0 saturated carbocycles. The van der Waals surface area contributed by atoms with Crippen molar-refractivity contribution in [1.82, 2.24) is 15.5 Å². The van der Waals surface area contributed by atoms with Crippen LogP contribution in [0.4, 0.5) is 11.5 Å². The smallest absolute Gasteiger partial charge is 0.173 e. The van der Waals surface area contributed by atoms with Gasteiger partial charge in [-0.25, -0.2) is 4.98 Å². The first-order valence-corrected chi connectivity index (χ1v) is 3.53. The monoisotopic (exact) mass is 169 g/mol. The summed E-state index contributed by atoms with van der Waals surface area (Å²) < 4.78 is 0.659. The second kappa shape index (κ2) is 2.18. The number of hydrogen-bond donors (Lipinski definition) is 3. The van der Waals surface area contributed by atoms with Crippen molar-refractivity contribution < 1.29 is 0 Å². The topological polar surface area (TPSA) is 56.0 Å². The van der Waals surface area contributed by atoms with Crippen LogP contribution in [0.1, 0.15) is 0 Å². The van der Waals surface area contributed by atoms with Crippen molar-refractivity contribution in [3.63, 3.8) is 0 Å². The maximum Gasteiger partial charge on any atom is 0.173 e. The number of hydrazine groups is 2. The lowest BCUT2D eigenvalue weighted by molar-refractivity contribution is 0.809. The number of rotatable bonds is 0. The fourth-order valence-corrected chi connectivity index (χ4v) is 1.15. The number of hydrogen-bond acceptors (Lipinski definition) is 5. The molecule has 0 fully saturated rings. The Labute approximate surface area is 68.4 Å². The molecule has 1 aliphatic heterocycles. The van der Waals surface area contributed by atoms with E-state index in [1.807, 2.05) is 7.05 Å². The summed E-state index contributed by atoms with van der Waals surface area (Å²) in [5, 5.41) is 1.76. The van der Waals surface area contributed by atoms with Gasteiger partial charge in [-0.05, 0) is 0 Å². The van der Waals surface area contributed by atoms with Crippen LogP contribution in [0.15, 0.2) is 6.33 Å². The van der Waals surface area contributed by atoms with E-state index in [9.17, 15) is 0 Å². The third kappa shape index (κ3) is 0.873. The van der Waals surface area contributed by atoms with Crippen molar-refractivity contribution in [2.75, 3.05) is 17.5 Å². The Morgan fingerprint density at radius 1 is 1.64 bits per heavy atom. The van der Waals surface area contributed by atoms with Crippen molar-refractivity contribution in [1.29, 1.82) is 0 Å². The minimum atomic E-state index is 0.659. The third-order valence-electron chi connectivity index (χ3n) is 1.50. The van der Waals surface area contributed by atoms with Gasteiger partial charge in [0.1, 0.15) is 10.3 Å². The molecule has 0 radical (unpaired) electrons. The second-order valence-corrected chi connectivity index (χ2v) is 2.63. The van der Waals surface area contributed by atoms with Crippen LogP contribution in [0, 0.1) is 4.64 Å². The van der Waals surface area contributed by atoms with Crippen LogP contribution in [0.5, 0.6) is 0 Å². The van der Waals surface area contributed by atoms with E-state index in [0.29, 0.717) is 4.64 Å². The summed E-state index contributed by atoms with van der Waals surface area (Å²) in [6, 6.07) is 0. The first-order valence-electron chi connectivity index (χ1n) is 3.12. The summed E-state index contributed by atoms with van der Waals surface area (Å²) in [6.45, 7) is 0. The average molecular weight is 169 g/mol. The summed E-state index contributed by atoms with van der Waals surface area (Å²) in [5.41, 5.74) is 6.58. The van der Waals surface area contributed by atoms with Gasteiger partial charge in [-0.2, -0.15) is 0 Å². The highest BCUT2D eigenvalue weighted by Gasteiger charge is 2.16. The number of nitrogens with zero attached hydrogens (tertiary/aromatic N) is 2. The number of fused-ring (bicyclic) bond motifs is 1. The Bertz CT molecular complexity index is 332. The van der Waals surface area contributed by atoms with E-state index < -0.39 is 0 Å². The zero-order chi connectivity index (χ0) is 7.84. The lowest BCUT2D eigenvalue weighted by Gasteiger charge is -2.06. The molecule has 5 nitrogen and oxygen atoms in total. The number of nitrogens with one attached hydrogen (secondary N) is 3. The van der Waals surface area contributed by atoms with Gasteiger partial charge in [-0.1, -0.05) is 12.2 Å². The molecule has 0 bridgehead atoms. The van der Waals surface area contributed by atoms with Crippen LogP contribution in [0.25, 0.3) is 0 Å². The number of anilines is 2. The van der Waals surface area contributed by atoms with Gasteiger partial charge in [-0.3, -0.25) is 10.4 Å². The molecular formula is C5H7N5S. The molecule has 0 amide bonds. The van der Waals surface area contributed by atoms with E-state index in [-0.39, 0.29) is 0 Å². The van der Waals surface area contributed by atoms with E-state index in [1.54, 1.807) is 11.3 Å². The van der Waals surface area contributed by atoms with Gasteiger partial charge >= 0.3 is 0 Å². The second-order valence-electron chi connectivity index (χ2n) is 2.23. The fourth-order valence-electron chi connectivity index (χ4n) is 0.950. The molecule has 0 unspecified atom stereocenters. The quantitative estimate of drug-likeness (QED) is 0.491. The van der Waals surface area contributed by atoms with E-state index in [2.05, 4.69) is 20.9 Å². The molecule has 2 heterocycles. The molecule has 1 aromatic rings. The number of aromatic nitrogens is 2. The minimum absolute atomic E-state index is 0.659. The Kier molecular flexibility index (Phi) is 1.30. The van der Waals surface area contributed by atoms with Crippen LogP contribution >= 0.6 is 12.2 Å². The number of H-pyrrole nitrogens is 1. The summed E-state index contributed by atoms with van der Waals surface area (Å²) in [6.07, 6.45) is 1.58. The molecule has 11 heavy (non-hydrogen) atoms. The van der Waals surface area contributed by atoms with Gasteiger partial charge in [0, 0.05) is 7.05 Å². The molecule has 3 N–H and O–H groups in total. The van der Waals surface area contributed by atoms with Crippen molar-refractivity contribution >= 4 is 23.7 Å². The van der Waals surface area contributed by atoms with Crippen molar-refractivity contribution in [2.24, 2.45) is 0 Å². The fraction of sp³-hybridized carbons (Fsp3) is 0.200. The molecule has 0 saturated heterocycles. The van der Waals surface area contributed by atoms with Crippen LogP contribution in [-0.2, 0) is 0 Å². The summed E-state index contributed by atoms with van der Waals surface area (Å²) in [7, 11) is 1.86. The molecule has 1 aromatic heterocycles. The Balaban J connectivity index is 2.66. The Hall–Kier alpha value is -1.14. The molecule has 0 spiro atoms. The number of aromatic amines is 1. The lowest BCUT2D eigenvalue weighted by Crippen LogP contribution is -2.32. The van der Waals surface area contributed by atoms with Gasteiger partial charge < -0.3 is 4.98 Å². The summed E-state index contributed by atoms with van der Waals surface area (Å²) in [5.74, 6) is 0.814. The lowest BCUT2D eigenvalue weighted by atomic mass is 10.5. The molecule has 0 aromatic carbocycles. The average Bonchev–Trinajstić information content (AvgIpc) is 2.35.